The Hall–Kier alpha value is -4.66. The summed E-state index contributed by atoms with van der Waals surface area (Å²) in [5.74, 6) is -1.61. The number of β-lactam (4-membered cyclic amide) rings is 1. The van der Waals surface area contributed by atoms with Gasteiger partial charge in [0, 0.05) is 17.5 Å². The number of carbonyl (C=O) groups excluding carboxylic acids is 2. The van der Waals surface area contributed by atoms with E-state index in [9.17, 15) is 22.6 Å². The highest BCUT2D eigenvalue weighted by molar-refractivity contribution is 7.84. The standard InChI is InChI=1S/C21H25N11O7S2/c22-7-12-8-26-31(29-12)9-15-17(20(34)32(15)41(35,36)37)28-19(33)16(14-10-40-21(25)27-14)30-39-6-5-38-13-3-1-11(2-4-13)18(23)24/h1-4,8,10,15,17H,5-7,9,22H2,(H3,23,24)(H2,25,27)(H,28,33)(H,35,36,37)/b30-16-. The molecule has 0 bridgehead atoms. The molecule has 0 spiro atoms. The van der Waals surface area contributed by atoms with Crippen molar-refractivity contribution in [2.75, 3.05) is 18.9 Å². The highest BCUT2D eigenvalue weighted by atomic mass is 32.2. The summed E-state index contributed by atoms with van der Waals surface area (Å²) in [5.41, 5.74) is 17.3. The fraction of sp³-hybridized carbons (Fsp3) is 0.286. The summed E-state index contributed by atoms with van der Waals surface area (Å²) in [5, 5.41) is 23.2. The Labute approximate surface area is 236 Å². The van der Waals surface area contributed by atoms with Gasteiger partial charge in [-0.25, -0.2) is 9.29 Å². The maximum absolute atomic E-state index is 13.2. The van der Waals surface area contributed by atoms with Gasteiger partial charge >= 0.3 is 10.3 Å². The smallest absolute Gasteiger partial charge is 0.362 e. The van der Waals surface area contributed by atoms with E-state index in [-0.39, 0.29) is 53.0 Å². The minimum Gasteiger partial charge on any atom is -0.490 e. The topological polar surface area (TPSA) is 280 Å². The van der Waals surface area contributed by atoms with E-state index < -0.39 is 34.2 Å². The lowest BCUT2D eigenvalue weighted by molar-refractivity contribution is -0.145. The van der Waals surface area contributed by atoms with Crippen LogP contribution in [0.15, 0.2) is 41.0 Å². The van der Waals surface area contributed by atoms with E-state index in [4.69, 9.17) is 32.2 Å². The lowest BCUT2D eigenvalue weighted by Gasteiger charge is -2.43. The highest BCUT2D eigenvalue weighted by Gasteiger charge is 2.54. The van der Waals surface area contributed by atoms with Gasteiger partial charge < -0.3 is 32.1 Å². The van der Waals surface area contributed by atoms with Crippen molar-refractivity contribution in [2.45, 2.75) is 25.2 Å². The summed E-state index contributed by atoms with van der Waals surface area (Å²) in [6, 6.07) is 3.82. The molecule has 1 aliphatic rings. The van der Waals surface area contributed by atoms with E-state index in [0.717, 1.165) is 16.1 Å². The van der Waals surface area contributed by atoms with E-state index >= 15 is 0 Å². The number of amidine groups is 1. The summed E-state index contributed by atoms with van der Waals surface area (Å²) in [4.78, 5) is 36.2. The molecule has 0 saturated carbocycles. The van der Waals surface area contributed by atoms with Crippen LogP contribution in [-0.4, -0.2) is 85.9 Å². The molecule has 1 fully saturated rings. The van der Waals surface area contributed by atoms with Crippen LogP contribution in [0, 0.1) is 5.41 Å². The number of anilines is 1. The maximum Gasteiger partial charge on any atom is 0.362 e. The normalized spacial score (nSPS) is 17.2. The highest BCUT2D eigenvalue weighted by Crippen LogP contribution is 2.25. The van der Waals surface area contributed by atoms with Crippen LogP contribution in [0.2, 0.25) is 0 Å². The van der Waals surface area contributed by atoms with Gasteiger partial charge in [0.15, 0.2) is 17.5 Å². The van der Waals surface area contributed by atoms with Crippen LogP contribution >= 0.6 is 11.3 Å². The number of benzene rings is 1. The SMILES string of the molecule is N=C(N)c1ccc(OCCO/N=C(\C(=O)NC2C(=O)N(S(=O)(=O)O)C2Cn2ncc(CN)n2)c2csc(N)n2)cc1. The van der Waals surface area contributed by atoms with Crippen LogP contribution in [0.1, 0.15) is 17.0 Å². The number of amides is 2. The predicted molar refractivity (Wildman–Crippen MR) is 144 cm³/mol. The molecule has 3 heterocycles. The van der Waals surface area contributed by atoms with Crippen molar-refractivity contribution in [1.82, 2.24) is 29.6 Å². The summed E-state index contributed by atoms with van der Waals surface area (Å²) in [7, 11) is -4.95. The van der Waals surface area contributed by atoms with Gasteiger partial charge in [0.2, 0.25) is 0 Å². The number of nitrogens with zero attached hydrogens (tertiary/aromatic N) is 6. The lowest BCUT2D eigenvalue weighted by atomic mass is 9.98. The number of hydrogen-bond acceptors (Lipinski definition) is 14. The third-order valence-electron chi connectivity index (χ3n) is 5.59. The zero-order valence-corrected chi connectivity index (χ0v) is 22.7. The number of ether oxygens (including phenoxy) is 1. The number of thiazole rings is 1. The van der Waals surface area contributed by atoms with Crippen molar-refractivity contribution < 1.29 is 32.1 Å². The Balaban J connectivity index is 1.44. The molecule has 2 atom stereocenters. The van der Waals surface area contributed by atoms with Gasteiger partial charge in [0.05, 0.1) is 18.4 Å². The van der Waals surface area contributed by atoms with Crippen LogP contribution in [0.4, 0.5) is 5.13 Å². The number of nitrogens with two attached hydrogens (primary N) is 3. The molecular weight excluding hydrogens is 582 g/mol. The number of rotatable bonds is 13. The average Bonchev–Trinajstić information content (AvgIpc) is 3.57. The van der Waals surface area contributed by atoms with Crippen molar-refractivity contribution in [1.29, 1.82) is 5.41 Å². The van der Waals surface area contributed by atoms with Crippen molar-refractivity contribution in [2.24, 2.45) is 16.6 Å². The van der Waals surface area contributed by atoms with E-state index in [1.807, 2.05) is 0 Å². The fourth-order valence-corrected chi connectivity index (χ4v) is 5.09. The summed E-state index contributed by atoms with van der Waals surface area (Å²) < 4.78 is 38.9. The third kappa shape index (κ3) is 6.92. The molecule has 1 saturated heterocycles. The lowest BCUT2D eigenvalue weighted by Crippen LogP contribution is -2.73. The maximum atomic E-state index is 13.2. The van der Waals surface area contributed by atoms with Crippen LogP contribution < -0.4 is 27.3 Å². The monoisotopic (exact) mass is 607 g/mol. The molecule has 3 aromatic rings. The first-order chi connectivity index (χ1) is 19.5. The van der Waals surface area contributed by atoms with E-state index in [2.05, 4.69) is 25.7 Å². The molecule has 20 heteroatoms. The van der Waals surface area contributed by atoms with Crippen LogP contribution in [0.25, 0.3) is 0 Å². The van der Waals surface area contributed by atoms with Crippen LogP contribution in [-0.2, 0) is 37.8 Å². The molecule has 218 valence electrons. The van der Waals surface area contributed by atoms with Gasteiger partial charge in [0.25, 0.3) is 11.8 Å². The number of nitrogen functional groups attached to an aromatic ring is 2. The second-order valence-corrected chi connectivity index (χ2v) is 10.5. The molecule has 41 heavy (non-hydrogen) atoms. The molecule has 2 amide bonds. The first-order valence-corrected chi connectivity index (χ1v) is 13.9. The minimum atomic E-state index is -4.95. The second kappa shape index (κ2) is 12.2. The second-order valence-electron chi connectivity index (χ2n) is 8.36. The Morgan fingerprint density at radius 1 is 1.27 bits per heavy atom. The molecule has 0 radical (unpaired) electrons. The molecule has 18 nitrogen and oxygen atoms in total. The zero-order valence-electron chi connectivity index (χ0n) is 21.1. The van der Waals surface area contributed by atoms with Gasteiger partial charge in [-0.15, -0.1) is 11.3 Å². The molecule has 0 aliphatic carbocycles. The minimum absolute atomic E-state index is 0.0329. The van der Waals surface area contributed by atoms with Gasteiger partial charge in [0.1, 0.15) is 36.0 Å². The number of hydrogen-bond donors (Lipinski definition) is 6. The Kier molecular flexibility index (Phi) is 8.76. The largest absolute Gasteiger partial charge is 0.490 e. The van der Waals surface area contributed by atoms with Crippen molar-refractivity contribution in [3.05, 3.63) is 52.8 Å². The Morgan fingerprint density at radius 3 is 2.59 bits per heavy atom. The molecular formula is C21H25N11O7S2. The average molecular weight is 608 g/mol. The van der Waals surface area contributed by atoms with Gasteiger partial charge in [-0.2, -0.15) is 23.4 Å². The first-order valence-electron chi connectivity index (χ1n) is 11.7. The van der Waals surface area contributed by atoms with E-state index in [1.54, 1.807) is 24.3 Å². The predicted octanol–water partition coefficient (Wildman–Crippen LogP) is -1.94. The first kappa shape index (κ1) is 29.3. The Bertz CT molecular complexity index is 1570. The van der Waals surface area contributed by atoms with Crippen molar-refractivity contribution >= 4 is 50.1 Å². The molecule has 1 aromatic carbocycles. The summed E-state index contributed by atoms with van der Waals surface area (Å²) in [6.07, 6.45) is 1.35. The quantitative estimate of drug-likeness (QED) is 0.0308. The number of oxime groups is 1. The van der Waals surface area contributed by atoms with Crippen LogP contribution in [0.3, 0.4) is 0 Å². The van der Waals surface area contributed by atoms with E-state index in [0.29, 0.717) is 17.0 Å². The van der Waals surface area contributed by atoms with Gasteiger partial charge in [-0.3, -0.25) is 19.6 Å². The fourth-order valence-electron chi connectivity index (χ4n) is 3.67. The van der Waals surface area contributed by atoms with Crippen LogP contribution in [0.5, 0.6) is 5.75 Å². The zero-order chi connectivity index (χ0) is 29.7. The van der Waals surface area contributed by atoms with Gasteiger partial charge in [-0.1, -0.05) is 5.16 Å². The van der Waals surface area contributed by atoms with E-state index in [1.165, 1.54) is 11.6 Å². The molecule has 2 aromatic heterocycles. The molecule has 1 aliphatic heterocycles. The summed E-state index contributed by atoms with van der Waals surface area (Å²) in [6.45, 7) is -0.278. The number of nitrogens with one attached hydrogen (secondary N) is 2. The number of aromatic nitrogens is 4. The number of carbonyl (C=O) groups is 2. The summed E-state index contributed by atoms with van der Waals surface area (Å²) >= 11 is 1.03. The van der Waals surface area contributed by atoms with Crippen molar-refractivity contribution in [3.63, 3.8) is 0 Å². The molecule has 4 rings (SSSR count). The third-order valence-corrected chi connectivity index (χ3v) is 7.21. The molecule has 2 unspecified atom stereocenters. The molecule has 9 N–H and O–H groups in total. The Morgan fingerprint density at radius 2 is 2.00 bits per heavy atom. The van der Waals surface area contributed by atoms with Crippen molar-refractivity contribution in [3.8, 4) is 5.75 Å². The van der Waals surface area contributed by atoms with Gasteiger partial charge in [-0.05, 0) is 24.3 Å².